The fourth-order valence-electron chi connectivity index (χ4n) is 2.96. The number of hydrogen-bond acceptors (Lipinski definition) is 3. The number of aryl methyl sites for hydroxylation is 1. The first-order chi connectivity index (χ1) is 13.7. The van der Waals surface area contributed by atoms with Crippen molar-refractivity contribution in [2.45, 2.75) is 11.8 Å². The molecule has 2 aromatic rings. The van der Waals surface area contributed by atoms with E-state index in [2.05, 4.69) is 0 Å². The molecule has 0 saturated carbocycles. The molecule has 0 N–H and O–H groups in total. The average molecular weight is 441 g/mol. The van der Waals surface area contributed by atoms with Crippen LogP contribution in [0.15, 0.2) is 47.4 Å². The Bertz CT molecular complexity index is 1070. The van der Waals surface area contributed by atoms with Crippen LogP contribution in [-0.2, 0) is 14.8 Å². The highest BCUT2D eigenvalue weighted by molar-refractivity contribution is 7.89. The van der Waals surface area contributed by atoms with Gasteiger partial charge in [0.05, 0.1) is 0 Å². The SMILES string of the molecule is Cc1ccc(/C=C/C(=O)N2CCN(S(=O)(=O)c3ccc(F)cc3F)CC2)cc1Cl. The van der Waals surface area contributed by atoms with Crippen LogP contribution in [0.5, 0.6) is 0 Å². The number of amides is 1. The van der Waals surface area contributed by atoms with Crippen LogP contribution in [0.25, 0.3) is 6.08 Å². The molecule has 1 amide bonds. The number of carbonyl (C=O) groups excluding carboxylic acids is 1. The van der Waals surface area contributed by atoms with Gasteiger partial charge in [0.15, 0.2) is 0 Å². The molecule has 0 aromatic heterocycles. The first-order valence-corrected chi connectivity index (χ1v) is 10.7. The van der Waals surface area contributed by atoms with E-state index in [1.807, 2.05) is 19.1 Å². The van der Waals surface area contributed by atoms with Gasteiger partial charge in [-0.15, -0.1) is 0 Å². The van der Waals surface area contributed by atoms with E-state index in [9.17, 15) is 22.0 Å². The van der Waals surface area contributed by atoms with Gasteiger partial charge in [0, 0.05) is 43.3 Å². The Hall–Kier alpha value is -2.29. The number of hydrogen-bond donors (Lipinski definition) is 0. The van der Waals surface area contributed by atoms with E-state index in [1.165, 1.54) is 11.0 Å². The zero-order chi connectivity index (χ0) is 21.2. The van der Waals surface area contributed by atoms with E-state index in [4.69, 9.17) is 11.6 Å². The summed E-state index contributed by atoms with van der Waals surface area (Å²) in [7, 11) is -4.10. The summed E-state index contributed by atoms with van der Waals surface area (Å²) in [5.74, 6) is -2.24. The van der Waals surface area contributed by atoms with E-state index in [-0.39, 0.29) is 32.1 Å². The second-order valence-electron chi connectivity index (χ2n) is 6.65. The lowest BCUT2D eigenvalue weighted by molar-refractivity contribution is -0.127. The van der Waals surface area contributed by atoms with Crippen molar-refractivity contribution in [2.24, 2.45) is 0 Å². The molecular formula is C20H19ClF2N2O3S. The maximum atomic E-state index is 13.9. The van der Waals surface area contributed by atoms with Crippen LogP contribution in [0.3, 0.4) is 0 Å². The Kier molecular flexibility index (Phi) is 6.36. The summed E-state index contributed by atoms with van der Waals surface area (Å²) >= 11 is 6.07. The lowest BCUT2D eigenvalue weighted by Gasteiger charge is -2.33. The van der Waals surface area contributed by atoms with Crippen molar-refractivity contribution in [3.05, 3.63) is 70.3 Å². The number of piperazine rings is 1. The van der Waals surface area contributed by atoms with Gasteiger partial charge >= 0.3 is 0 Å². The van der Waals surface area contributed by atoms with Crippen molar-refractivity contribution in [3.63, 3.8) is 0 Å². The van der Waals surface area contributed by atoms with Gasteiger partial charge in [0.25, 0.3) is 0 Å². The smallest absolute Gasteiger partial charge is 0.246 e. The minimum absolute atomic E-state index is 0.0229. The molecule has 0 radical (unpaired) electrons. The zero-order valence-corrected chi connectivity index (χ0v) is 17.2. The van der Waals surface area contributed by atoms with Crippen molar-refractivity contribution in [3.8, 4) is 0 Å². The molecule has 0 unspecified atom stereocenters. The number of rotatable bonds is 4. The van der Waals surface area contributed by atoms with Gasteiger partial charge in [-0.25, -0.2) is 17.2 Å². The molecule has 1 saturated heterocycles. The average Bonchev–Trinajstić information content (AvgIpc) is 2.68. The summed E-state index contributed by atoms with van der Waals surface area (Å²) < 4.78 is 53.2. The maximum Gasteiger partial charge on any atom is 0.246 e. The van der Waals surface area contributed by atoms with Gasteiger partial charge in [0.1, 0.15) is 16.5 Å². The molecule has 0 aliphatic carbocycles. The zero-order valence-electron chi connectivity index (χ0n) is 15.6. The number of nitrogens with zero attached hydrogens (tertiary/aromatic N) is 2. The third-order valence-electron chi connectivity index (χ3n) is 4.68. The van der Waals surface area contributed by atoms with Crippen LogP contribution in [0, 0.1) is 18.6 Å². The fourth-order valence-corrected chi connectivity index (χ4v) is 4.61. The number of sulfonamides is 1. The highest BCUT2D eigenvalue weighted by Gasteiger charge is 2.31. The molecule has 29 heavy (non-hydrogen) atoms. The van der Waals surface area contributed by atoms with E-state index >= 15 is 0 Å². The number of halogens is 3. The molecule has 1 fully saturated rings. The molecule has 2 aromatic carbocycles. The minimum Gasteiger partial charge on any atom is -0.337 e. The van der Waals surface area contributed by atoms with Crippen molar-refractivity contribution < 1.29 is 22.0 Å². The molecule has 1 heterocycles. The largest absolute Gasteiger partial charge is 0.337 e. The molecule has 1 aliphatic heterocycles. The van der Waals surface area contributed by atoms with E-state index in [0.29, 0.717) is 11.1 Å². The van der Waals surface area contributed by atoms with Gasteiger partial charge in [-0.3, -0.25) is 4.79 Å². The first kappa shape index (κ1) is 21.4. The van der Waals surface area contributed by atoms with E-state index in [1.54, 1.807) is 12.1 Å². The summed E-state index contributed by atoms with van der Waals surface area (Å²) in [6, 6.07) is 7.79. The van der Waals surface area contributed by atoms with Crippen molar-refractivity contribution in [2.75, 3.05) is 26.2 Å². The van der Waals surface area contributed by atoms with Gasteiger partial charge < -0.3 is 4.90 Å². The first-order valence-electron chi connectivity index (χ1n) is 8.87. The van der Waals surface area contributed by atoms with Crippen LogP contribution in [0.4, 0.5) is 8.78 Å². The van der Waals surface area contributed by atoms with Gasteiger partial charge in [-0.05, 0) is 42.3 Å². The van der Waals surface area contributed by atoms with Crippen LogP contribution < -0.4 is 0 Å². The third-order valence-corrected chi connectivity index (χ3v) is 7.02. The van der Waals surface area contributed by atoms with E-state index < -0.39 is 26.6 Å². The van der Waals surface area contributed by atoms with Crippen LogP contribution in [0.1, 0.15) is 11.1 Å². The Morgan fingerprint density at radius 3 is 2.38 bits per heavy atom. The third kappa shape index (κ3) is 4.83. The predicted molar refractivity (Wildman–Crippen MR) is 107 cm³/mol. The molecule has 154 valence electrons. The van der Waals surface area contributed by atoms with Crippen molar-refractivity contribution in [1.29, 1.82) is 0 Å². The monoisotopic (exact) mass is 440 g/mol. The van der Waals surface area contributed by atoms with Crippen molar-refractivity contribution in [1.82, 2.24) is 9.21 Å². The molecule has 0 bridgehead atoms. The maximum absolute atomic E-state index is 13.9. The normalized spacial score (nSPS) is 15.8. The van der Waals surface area contributed by atoms with Gasteiger partial charge in [0.2, 0.25) is 15.9 Å². The second kappa shape index (κ2) is 8.61. The Morgan fingerprint density at radius 2 is 1.76 bits per heavy atom. The van der Waals surface area contributed by atoms with E-state index in [0.717, 1.165) is 27.6 Å². The fraction of sp³-hybridized carbons (Fsp3) is 0.250. The topological polar surface area (TPSA) is 57.7 Å². The van der Waals surface area contributed by atoms with Gasteiger partial charge in [-0.2, -0.15) is 4.31 Å². The summed E-state index contributed by atoms with van der Waals surface area (Å²) in [5, 5.41) is 0.603. The molecule has 0 atom stereocenters. The summed E-state index contributed by atoms with van der Waals surface area (Å²) in [5.41, 5.74) is 1.71. The summed E-state index contributed by atoms with van der Waals surface area (Å²) in [6.45, 7) is 2.26. The summed E-state index contributed by atoms with van der Waals surface area (Å²) in [4.78, 5) is 13.3. The number of carbonyl (C=O) groups is 1. The Labute approximate surface area is 173 Å². The standard InChI is InChI=1S/C20H19ClF2N2O3S/c1-14-2-3-15(12-17(14)21)4-7-20(26)24-8-10-25(11-9-24)29(27,28)19-6-5-16(22)13-18(19)23/h2-7,12-13H,8-11H2,1H3/b7-4+. The van der Waals surface area contributed by atoms with Crippen LogP contribution in [-0.4, -0.2) is 49.7 Å². The second-order valence-corrected chi connectivity index (χ2v) is 8.96. The van der Waals surface area contributed by atoms with Gasteiger partial charge in [-0.1, -0.05) is 23.7 Å². The molecule has 0 spiro atoms. The predicted octanol–water partition coefficient (Wildman–Crippen LogP) is 3.47. The lowest BCUT2D eigenvalue weighted by Crippen LogP contribution is -2.50. The number of benzene rings is 2. The highest BCUT2D eigenvalue weighted by Crippen LogP contribution is 2.22. The molecular weight excluding hydrogens is 422 g/mol. The van der Waals surface area contributed by atoms with Crippen molar-refractivity contribution >= 4 is 33.6 Å². The summed E-state index contributed by atoms with van der Waals surface area (Å²) in [6.07, 6.45) is 3.05. The quantitative estimate of drug-likeness (QED) is 0.684. The molecule has 1 aliphatic rings. The Balaban J connectivity index is 1.64. The molecule has 9 heteroatoms. The lowest BCUT2D eigenvalue weighted by atomic mass is 10.1. The highest BCUT2D eigenvalue weighted by atomic mass is 35.5. The molecule has 3 rings (SSSR count). The minimum atomic E-state index is -4.10. The van der Waals surface area contributed by atoms with Crippen LogP contribution >= 0.6 is 11.6 Å². The Morgan fingerprint density at radius 1 is 1.07 bits per heavy atom. The van der Waals surface area contributed by atoms with Crippen LogP contribution in [0.2, 0.25) is 5.02 Å². The molecule has 5 nitrogen and oxygen atoms in total.